The highest BCUT2D eigenvalue weighted by Crippen LogP contribution is 2.41. The van der Waals surface area contributed by atoms with Crippen LogP contribution in [-0.4, -0.2) is 39.2 Å². The van der Waals surface area contributed by atoms with E-state index in [1.807, 2.05) is 36.5 Å². The number of methoxy groups -OCH3 is 1. The normalized spacial score (nSPS) is 18.0. The number of carbonyl (C=O) groups is 1. The van der Waals surface area contributed by atoms with Gasteiger partial charge in [0.1, 0.15) is 0 Å². The zero-order valence-electron chi connectivity index (χ0n) is 18.8. The molecule has 6 nitrogen and oxygen atoms in total. The van der Waals surface area contributed by atoms with E-state index in [-0.39, 0.29) is 18.1 Å². The molecular weight excluding hydrogens is 420 g/mol. The van der Waals surface area contributed by atoms with Crippen molar-refractivity contribution in [3.05, 3.63) is 82.9 Å². The number of nitrogens with zero attached hydrogens (tertiary/aromatic N) is 3. The van der Waals surface area contributed by atoms with Crippen LogP contribution in [0.15, 0.2) is 54.7 Å². The van der Waals surface area contributed by atoms with Crippen molar-refractivity contribution < 1.29 is 9.53 Å². The summed E-state index contributed by atoms with van der Waals surface area (Å²) < 4.78 is 7.04. The van der Waals surface area contributed by atoms with Crippen LogP contribution in [0.1, 0.15) is 58.4 Å². The SMILES string of the molecule is CCCN1C(=S)N[C@H](c2ccccn2)[C@@H]1c1cc(C)n(-c2ccc(C(=O)OC)cc2)c1C. The number of ether oxygens (including phenoxy) is 1. The van der Waals surface area contributed by atoms with Gasteiger partial charge in [0.05, 0.1) is 30.5 Å². The third-order valence-corrected chi connectivity index (χ3v) is 6.35. The molecular formula is C25H28N4O2S. The summed E-state index contributed by atoms with van der Waals surface area (Å²) in [6.45, 7) is 7.28. The fourth-order valence-corrected chi connectivity index (χ4v) is 4.91. The second-order valence-electron chi connectivity index (χ2n) is 8.02. The monoisotopic (exact) mass is 448 g/mol. The molecule has 0 unspecified atom stereocenters. The highest BCUT2D eigenvalue weighted by atomic mass is 32.1. The van der Waals surface area contributed by atoms with Crippen LogP contribution >= 0.6 is 12.2 Å². The molecule has 0 radical (unpaired) electrons. The molecule has 3 heterocycles. The van der Waals surface area contributed by atoms with Crippen LogP contribution in [0.2, 0.25) is 0 Å². The molecule has 3 aromatic rings. The summed E-state index contributed by atoms with van der Waals surface area (Å²) >= 11 is 5.72. The van der Waals surface area contributed by atoms with E-state index in [0.29, 0.717) is 5.56 Å². The molecule has 2 atom stereocenters. The van der Waals surface area contributed by atoms with Crippen molar-refractivity contribution in [3.63, 3.8) is 0 Å². The van der Waals surface area contributed by atoms with Crippen LogP contribution in [0.3, 0.4) is 0 Å². The predicted molar refractivity (Wildman–Crippen MR) is 129 cm³/mol. The number of benzene rings is 1. The first-order valence-electron chi connectivity index (χ1n) is 10.8. The molecule has 1 saturated heterocycles. The Hall–Kier alpha value is -3.19. The van der Waals surface area contributed by atoms with E-state index in [1.165, 1.54) is 12.7 Å². The maximum absolute atomic E-state index is 11.8. The molecule has 0 saturated carbocycles. The van der Waals surface area contributed by atoms with Gasteiger partial charge in [0.15, 0.2) is 5.11 Å². The van der Waals surface area contributed by atoms with Crippen molar-refractivity contribution in [1.82, 2.24) is 19.8 Å². The van der Waals surface area contributed by atoms with Crippen LogP contribution in [-0.2, 0) is 4.74 Å². The first-order chi connectivity index (χ1) is 15.5. The molecule has 0 aliphatic carbocycles. The van der Waals surface area contributed by atoms with E-state index in [1.54, 1.807) is 12.1 Å². The highest BCUT2D eigenvalue weighted by molar-refractivity contribution is 7.80. The van der Waals surface area contributed by atoms with Gasteiger partial charge in [-0.25, -0.2) is 4.79 Å². The summed E-state index contributed by atoms with van der Waals surface area (Å²) in [6, 6.07) is 15.8. The first-order valence-corrected chi connectivity index (χ1v) is 11.2. The highest BCUT2D eigenvalue weighted by Gasteiger charge is 2.40. The fourth-order valence-electron chi connectivity index (χ4n) is 4.57. The van der Waals surface area contributed by atoms with Gasteiger partial charge in [-0.2, -0.15) is 0 Å². The largest absolute Gasteiger partial charge is 0.465 e. The predicted octanol–water partition coefficient (Wildman–Crippen LogP) is 4.66. The van der Waals surface area contributed by atoms with Crippen LogP contribution in [0, 0.1) is 13.8 Å². The van der Waals surface area contributed by atoms with Gasteiger partial charge in [-0.1, -0.05) is 13.0 Å². The first kappa shape index (κ1) is 22.0. The zero-order chi connectivity index (χ0) is 22.8. The van der Waals surface area contributed by atoms with Gasteiger partial charge in [-0.05, 0) is 80.5 Å². The minimum Gasteiger partial charge on any atom is -0.465 e. The molecule has 2 aromatic heterocycles. The van der Waals surface area contributed by atoms with Crippen LogP contribution in [0.4, 0.5) is 0 Å². The lowest BCUT2D eigenvalue weighted by molar-refractivity contribution is 0.0600. The standard InChI is InChI=1S/C25H28N4O2S/c1-5-14-28-23(22(27-25(28)32)21-8-6-7-13-26-21)20-15-16(2)29(17(20)3)19-11-9-18(10-12-19)24(30)31-4/h6-13,15,22-23H,5,14H2,1-4H3,(H,27,32)/t22-,23+/m1/s1. The topological polar surface area (TPSA) is 59.4 Å². The Bertz CT molecular complexity index is 1120. The van der Waals surface area contributed by atoms with Crippen molar-refractivity contribution in [2.75, 3.05) is 13.7 Å². The molecule has 1 fully saturated rings. The number of rotatable bonds is 6. The maximum atomic E-state index is 11.8. The Labute approximate surface area is 194 Å². The number of pyridine rings is 1. The summed E-state index contributed by atoms with van der Waals surface area (Å²) in [5.41, 5.74) is 6.00. The van der Waals surface area contributed by atoms with E-state index in [0.717, 1.165) is 40.8 Å². The van der Waals surface area contributed by atoms with Crippen molar-refractivity contribution in [3.8, 4) is 5.69 Å². The van der Waals surface area contributed by atoms with Crippen LogP contribution in [0.25, 0.3) is 5.69 Å². The quantitative estimate of drug-likeness (QED) is 0.437. The number of carbonyl (C=O) groups excluding carboxylic acids is 1. The second-order valence-corrected chi connectivity index (χ2v) is 8.41. The summed E-state index contributed by atoms with van der Waals surface area (Å²) in [4.78, 5) is 18.7. The van der Waals surface area contributed by atoms with Gasteiger partial charge >= 0.3 is 5.97 Å². The third kappa shape index (κ3) is 3.88. The average Bonchev–Trinajstić information content (AvgIpc) is 3.29. The van der Waals surface area contributed by atoms with E-state index >= 15 is 0 Å². The van der Waals surface area contributed by atoms with Gasteiger partial charge in [-0.3, -0.25) is 4.98 Å². The lowest BCUT2D eigenvalue weighted by atomic mass is 9.96. The Morgan fingerprint density at radius 1 is 1.19 bits per heavy atom. The van der Waals surface area contributed by atoms with Crippen molar-refractivity contribution in [1.29, 1.82) is 0 Å². The van der Waals surface area contributed by atoms with Crippen molar-refractivity contribution >= 4 is 23.3 Å². The minimum absolute atomic E-state index is 0.0223. The lowest BCUT2D eigenvalue weighted by Crippen LogP contribution is -2.30. The number of aromatic nitrogens is 2. The van der Waals surface area contributed by atoms with Gasteiger partial charge < -0.3 is 19.5 Å². The molecule has 32 heavy (non-hydrogen) atoms. The molecule has 1 N–H and O–H groups in total. The Kier molecular flexibility index (Phi) is 6.28. The van der Waals surface area contributed by atoms with E-state index < -0.39 is 0 Å². The number of hydrogen-bond donors (Lipinski definition) is 1. The Morgan fingerprint density at radius 2 is 1.94 bits per heavy atom. The summed E-state index contributed by atoms with van der Waals surface area (Å²) in [6.07, 6.45) is 2.83. The molecule has 1 aliphatic rings. The molecule has 7 heteroatoms. The lowest BCUT2D eigenvalue weighted by Gasteiger charge is -2.27. The third-order valence-electron chi connectivity index (χ3n) is 6.00. The van der Waals surface area contributed by atoms with Crippen LogP contribution < -0.4 is 5.32 Å². The summed E-state index contributed by atoms with van der Waals surface area (Å²) in [5.74, 6) is -0.336. The number of esters is 1. The number of thiocarbonyl (C=S) groups is 1. The van der Waals surface area contributed by atoms with E-state index in [4.69, 9.17) is 17.0 Å². The van der Waals surface area contributed by atoms with Crippen molar-refractivity contribution in [2.24, 2.45) is 0 Å². The molecule has 0 bridgehead atoms. The molecule has 166 valence electrons. The van der Waals surface area contributed by atoms with Crippen LogP contribution in [0.5, 0.6) is 0 Å². The average molecular weight is 449 g/mol. The van der Waals surface area contributed by atoms with E-state index in [9.17, 15) is 4.79 Å². The van der Waals surface area contributed by atoms with Crippen molar-refractivity contribution in [2.45, 2.75) is 39.3 Å². The zero-order valence-corrected chi connectivity index (χ0v) is 19.6. The molecule has 0 amide bonds. The summed E-state index contributed by atoms with van der Waals surface area (Å²) in [7, 11) is 1.39. The number of nitrogens with one attached hydrogen (secondary N) is 1. The Morgan fingerprint density at radius 3 is 2.56 bits per heavy atom. The van der Waals surface area contributed by atoms with Gasteiger partial charge in [0, 0.05) is 29.8 Å². The van der Waals surface area contributed by atoms with Gasteiger partial charge in [0.25, 0.3) is 0 Å². The molecule has 1 aromatic carbocycles. The van der Waals surface area contributed by atoms with E-state index in [2.05, 4.69) is 46.6 Å². The number of hydrogen-bond acceptors (Lipinski definition) is 4. The summed E-state index contributed by atoms with van der Waals surface area (Å²) in [5, 5.41) is 4.27. The second kappa shape index (κ2) is 9.12. The molecule has 0 spiro atoms. The van der Waals surface area contributed by atoms with Gasteiger partial charge in [-0.15, -0.1) is 0 Å². The minimum atomic E-state index is -0.336. The number of aryl methyl sites for hydroxylation is 1. The fraction of sp³-hybridized carbons (Fsp3) is 0.320. The smallest absolute Gasteiger partial charge is 0.337 e. The molecule has 1 aliphatic heterocycles. The Balaban J connectivity index is 1.78. The molecule has 4 rings (SSSR count). The maximum Gasteiger partial charge on any atom is 0.337 e. The van der Waals surface area contributed by atoms with Gasteiger partial charge in [0.2, 0.25) is 0 Å².